The van der Waals surface area contributed by atoms with E-state index >= 15 is 0 Å². The van der Waals surface area contributed by atoms with E-state index < -0.39 is 0 Å². The van der Waals surface area contributed by atoms with E-state index in [-0.39, 0.29) is 11.5 Å². The first-order chi connectivity index (χ1) is 9.34. The molecule has 0 fully saturated rings. The van der Waals surface area contributed by atoms with Gasteiger partial charge in [0.2, 0.25) is 5.78 Å². The molecule has 0 bridgehead atoms. The van der Waals surface area contributed by atoms with Gasteiger partial charge in [-0.2, -0.15) is 9.90 Å². The van der Waals surface area contributed by atoms with E-state index in [0.717, 1.165) is 5.69 Å². The SMILES string of the molecule is O=C(c1cncnc1)c1cnn(-c2ccccc2)n1. The van der Waals surface area contributed by atoms with Gasteiger partial charge >= 0.3 is 0 Å². The molecule has 0 aliphatic carbocycles. The van der Waals surface area contributed by atoms with E-state index in [1.807, 2.05) is 30.3 Å². The van der Waals surface area contributed by atoms with Gasteiger partial charge in [0, 0.05) is 12.4 Å². The average molecular weight is 251 g/mol. The lowest BCUT2D eigenvalue weighted by atomic mass is 10.2. The molecule has 0 N–H and O–H groups in total. The Bertz CT molecular complexity index is 693. The summed E-state index contributed by atoms with van der Waals surface area (Å²) in [7, 11) is 0. The van der Waals surface area contributed by atoms with Crippen LogP contribution in [-0.2, 0) is 0 Å². The highest BCUT2D eigenvalue weighted by atomic mass is 16.1. The zero-order valence-electron chi connectivity index (χ0n) is 9.84. The first kappa shape index (κ1) is 11.2. The molecule has 3 aromatic rings. The Hall–Kier alpha value is -2.89. The van der Waals surface area contributed by atoms with Crippen molar-refractivity contribution >= 4 is 5.78 Å². The minimum Gasteiger partial charge on any atom is -0.287 e. The van der Waals surface area contributed by atoms with Crippen molar-refractivity contribution < 1.29 is 4.79 Å². The molecule has 0 saturated heterocycles. The van der Waals surface area contributed by atoms with Gasteiger partial charge in [0.15, 0.2) is 5.69 Å². The zero-order valence-corrected chi connectivity index (χ0v) is 9.84. The summed E-state index contributed by atoms with van der Waals surface area (Å²) in [5.41, 5.74) is 1.45. The van der Waals surface area contributed by atoms with Crippen LogP contribution in [0.15, 0.2) is 55.2 Å². The Labute approximate surface area is 108 Å². The molecule has 0 aliphatic heterocycles. The van der Waals surface area contributed by atoms with E-state index in [4.69, 9.17) is 0 Å². The summed E-state index contributed by atoms with van der Waals surface area (Å²) in [5, 5.41) is 8.23. The molecule has 0 spiro atoms. The highest BCUT2D eigenvalue weighted by Crippen LogP contribution is 2.07. The molecular formula is C13H9N5O. The zero-order chi connectivity index (χ0) is 13.1. The minimum atomic E-state index is -0.247. The number of hydrogen-bond acceptors (Lipinski definition) is 5. The number of nitrogens with zero attached hydrogens (tertiary/aromatic N) is 5. The minimum absolute atomic E-state index is 0.247. The summed E-state index contributed by atoms with van der Waals surface area (Å²) >= 11 is 0. The standard InChI is InChI=1S/C13H9N5O/c19-13(10-6-14-9-15-7-10)12-8-16-18(17-12)11-4-2-1-3-5-11/h1-9H. The molecule has 0 radical (unpaired) electrons. The Balaban J connectivity index is 1.92. The van der Waals surface area contributed by atoms with Gasteiger partial charge in [-0.3, -0.25) is 4.79 Å². The Morgan fingerprint density at radius 1 is 1.00 bits per heavy atom. The maximum absolute atomic E-state index is 12.1. The molecule has 0 aliphatic rings. The van der Waals surface area contributed by atoms with Crippen molar-refractivity contribution in [3.05, 3.63) is 66.5 Å². The third kappa shape index (κ3) is 2.23. The maximum atomic E-state index is 12.1. The quantitative estimate of drug-likeness (QED) is 0.656. The number of para-hydroxylation sites is 1. The van der Waals surface area contributed by atoms with E-state index in [1.165, 1.54) is 29.7 Å². The molecule has 2 heterocycles. The Kier molecular flexibility index (Phi) is 2.82. The summed E-state index contributed by atoms with van der Waals surface area (Å²) in [6.45, 7) is 0. The first-order valence-corrected chi connectivity index (χ1v) is 5.62. The van der Waals surface area contributed by atoms with Gasteiger partial charge < -0.3 is 0 Å². The van der Waals surface area contributed by atoms with Crippen molar-refractivity contribution in [3.63, 3.8) is 0 Å². The topological polar surface area (TPSA) is 73.6 Å². The molecule has 1 aromatic carbocycles. The number of benzene rings is 1. The molecule has 6 heteroatoms. The fraction of sp³-hybridized carbons (Fsp3) is 0. The lowest BCUT2D eigenvalue weighted by Gasteiger charge is -1.97. The number of hydrogen-bond donors (Lipinski definition) is 0. The van der Waals surface area contributed by atoms with Crippen LogP contribution in [0.25, 0.3) is 5.69 Å². The predicted octanol–water partition coefficient (Wildman–Crippen LogP) is 1.29. The second kappa shape index (κ2) is 4.77. The van der Waals surface area contributed by atoms with Gasteiger partial charge in [-0.05, 0) is 12.1 Å². The number of aromatic nitrogens is 5. The molecule has 19 heavy (non-hydrogen) atoms. The molecule has 3 rings (SSSR count). The number of ketones is 1. The second-order valence-corrected chi connectivity index (χ2v) is 3.81. The van der Waals surface area contributed by atoms with Crippen LogP contribution in [0.5, 0.6) is 0 Å². The van der Waals surface area contributed by atoms with E-state index in [1.54, 1.807) is 0 Å². The molecule has 92 valence electrons. The number of carbonyl (C=O) groups excluding carboxylic acids is 1. The maximum Gasteiger partial charge on any atom is 0.218 e. The van der Waals surface area contributed by atoms with Gasteiger partial charge in [0.1, 0.15) is 6.33 Å². The van der Waals surface area contributed by atoms with Gasteiger partial charge in [0.05, 0.1) is 17.4 Å². The molecule has 0 atom stereocenters. The Morgan fingerprint density at radius 2 is 1.74 bits per heavy atom. The monoisotopic (exact) mass is 251 g/mol. The molecule has 0 saturated carbocycles. The fourth-order valence-electron chi connectivity index (χ4n) is 1.62. The first-order valence-electron chi connectivity index (χ1n) is 5.62. The van der Waals surface area contributed by atoms with Gasteiger partial charge in [-0.1, -0.05) is 18.2 Å². The lowest BCUT2D eigenvalue weighted by Crippen LogP contribution is -2.05. The third-order valence-electron chi connectivity index (χ3n) is 2.53. The highest BCUT2D eigenvalue weighted by molar-refractivity contribution is 6.07. The lowest BCUT2D eigenvalue weighted by molar-refractivity contribution is 0.103. The van der Waals surface area contributed by atoms with Gasteiger partial charge in [-0.15, -0.1) is 5.10 Å². The van der Waals surface area contributed by atoms with Crippen molar-refractivity contribution in [2.45, 2.75) is 0 Å². The van der Waals surface area contributed by atoms with Crippen molar-refractivity contribution in [3.8, 4) is 5.69 Å². The van der Waals surface area contributed by atoms with Crippen molar-refractivity contribution in [1.29, 1.82) is 0 Å². The highest BCUT2D eigenvalue weighted by Gasteiger charge is 2.14. The normalized spacial score (nSPS) is 10.3. The van der Waals surface area contributed by atoms with Crippen LogP contribution in [0, 0.1) is 0 Å². The summed E-state index contributed by atoms with van der Waals surface area (Å²) < 4.78 is 0. The Morgan fingerprint density at radius 3 is 2.47 bits per heavy atom. The summed E-state index contributed by atoms with van der Waals surface area (Å²) in [6, 6.07) is 9.39. The van der Waals surface area contributed by atoms with Crippen LogP contribution in [-0.4, -0.2) is 30.7 Å². The molecular weight excluding hydrogens is 242 g/mol. The van der Waals surface area contributed by atoms with Crippen LogP contribution in [0.4, 0.5) is 0 Å². The predicted molar refractivity (Wildman–Crippen MR) is 66.8 cm³/mol. The molecule has 2 aromatic heterocycles. The largest absolute Gasteiger partial charge is 0.287 e. The summed E-state index contributed by atoms with van der Waals surface area (Å²) in [6.07, 6.45) is 5.72. The molecule has 0 unspecified atom stereocenters. The van der Waals surface area contributed by atoms with Crippen LogP contribution in [0.3, 0.4) is 0 Å². The summed E-state index contributed by atoms with van der Waals surface area (Å²) in [5.74, 6) is -0.247. The van der Waals surface area contributed by atoms with E-state index in [2.05, 4.69) is 20.2 Å². The van der Waals surface area contributed by atoms with Crippen LogP contribution in [0.1, 0.15) is 16.1 Å². The summed E-state index contributed by atoms with van der Waals surface area (Å²) in [4.78, 5) is 21.1. The van der Waals surface area contributed by atoms with Gasteiger partial charge in [0.25, 0.3) is 0 Å². The van der Waals surface area contributed by atoms with Crippen LogP contribution < -0.4 is 0 Å². The van der Waals surface area contributed by atoms with Crippen molar-refractivity contribution in [1.82, 2.24) is 25.0 Å². The van der Waals surface area contributed by atoms with E-state index in [0.29, 0.717) is 5.56 Å². The number of rotatable bonds is 3. The average Bonchev–Trinajstić information content (AvgIpc) is 2.98. The number of carbonyl (C=O) groups is 1. The van der Waals surface area contributed by atoms with Crippen LogP contribution in [0.2, 0.25) is 0 Å². The molecule has 0 amide bonds. The fourth-order valence-corrected chi connectivity index (χ4v) is 1.62. The second-order valence-electron chi connectivity index (χ2n) is 3.81. The van der Waals surface area contributed by atoms with Crippen LogP contribution >= 0.6 is 0 Å². The van der Waals surface area contributed by atoms with E-state index in [9.17, 15) is 4.79 Å². The van der Waals surface area contributed by atoms with Crippen molar-refractivity contribution in [2.24, 2.45) is 0 Å². The molecule has 6 nitrogen and oxygen atoms in total. The smallest absolute Gasteiger partial charge is 0.218 e. The third-order valence-corrected chi connectivity index (χ3v) is 2.53. The van der Waals surface area contributed by atoms with Crippen molar-refractivity contribution in [2.75, 3.05) is 0 Å². The van der Waals surface area contributed by atoms with Gasteiger partial charge in [-0.25, -0.2) is 9.97 Å².